The molecule has 0 unspecified atom stereocenters. The maximum Gasteiger partial charge on any atom is 0.422 e. The van der Waals surface area contributed by atoms with Crippen molar-refractivity contribution in [1.29, 1.82) is 0 Å². The van der Waals surface area contributed by atoms with Crippen LogP contribution in [-0.4, -0.2) is 17.9 Å². The van der Waals surface area contributed by atoms with Gasteiger partial charge in [-0.25, -0.2) is 4.39 Å². The van der Waals surface area contributed by atoms with Crippen LogP contribution >= 0.6 is 12.2 Å². The van der Waals surface area contributed by atoms with Gasteiger partial charge in [-0.3, -0.25) is 0 Å². The molecule has 0 radical (unpaired) electrons. The Bertz CT molecular complexity index is 426. The monoisotopic (exact) mass is 251 g/mol. The zero-order valence-electron chi connectivity index (χ0n) is 7.71. The van der Waals surface area contributed by atoms with Crippen LogP contribution in [0.3, 0.4) is 0 Å². The molecule has 0 atom stereocenters. The second kappa shape index (κ2) is 5.05. The summed E-state index contributed by atoms with van der Waals surface area (Å²) in [5.41, 5.74) is 0.000602. The third-order valence-corrected chi connectivity index (χ3v) is 1.57. The lowest BCUT2D eigenvalue weighted by Crippen LogP contribution is -2.19. The van der Waals surface area contributed by atoms with Crippen LogP contribution in [0.5, 0.6) is 5.75 Å². The van der Waals surface area contributed by atoms with Gasteiger partial charge in [0.1, 0.15) is 17.3 Å². The number of thiocarbonyl (C=S) groups is 1. The van der Waals surface area contributed by atoms with Crippen molar-refractivity contribution in [1.82, 2.24) is 0 Å². The van der Waals surface area contributed by atoms with Gasteiger partial charge in [-0.05, 0) is 24.4 Å². The molecule has 0 aliphatic heterocycles. The lowest BCUT2D eigenvalue weighted by molar-refractivity contribution is -0.153. The van der Waals surface area contributed by atoms with E-state index < -0.39 is 18.6 Å². The smallest absolute Gasteiger partial charge is 0.422 e. The number of benzene rings is 1. The van der Waals surface area contributed by atoms with Gasteiger partial charge in [0.05, 0.1) is 5.16 Å². The molecule has 0 fully saturated rings. The molecule has 0 heterocycles. The van der Waals surface area contributed by atoms with Crippen molar-refractivity contribution in [2.75, 3.05) is 6.61 Å². The van der Waals surface area contributed by atoms with Gasteiger partial charge in [-0.1, -0.05) is 0 Å². The Balaban J connectivity index is 2.92. The Morgan fingerprint density at radius 1 is 1.38 bits per heavy atom. The van der Waals surface area contributed by atoms with E-state index >= 15 is 0 Å². The van der Waals surface area contributed by atoms with Gasteiger partial charge in [0.15, 0.2) is 6.61 Å². The third kappa shape index (κ3) is 3.96. The number of alkyl halides is 3. The summed E-state index contributed by atoms with van der Waals surface area (Å²) < 4.78 is 52.8. The number of nitrogens with zero attached hydrogens (tertiary/aromatic N) is 1. The molecular formula is C9H5F4NOS. The molecule has 0 saturated heterocycles. The molecule has 0 spiro atoms. The van der Waals surface area contributed by atoms with Crippen LogP contribution in [0, 0.1) is 5.82 Å². The maximum atomic E-state index is 12.8. The fourth-order valence-corrected chi connectivity index (χ4v) is 1.00. The summed E-state index contributed by atoms with van der Waals surface area (Å²) in [4.78, 5) is 3.45. The minimum atomic E-state index is -4.50. The molecule has 0 amide bonds. The standard InChI is InChI=1S/C9H5F4NOS/c10-6-1-2-7(14-5-16)8(3-6)15-4-9(11,12)13/h1-3H,4H2. The van der Waals surface area contributed by atoms with Crippen LogP contribution < -0.4 is 4.74 Å². The quantitative estimate of drug-likeness (QED) is 0.466. The molecule has 0 aromatic heterocycles. The molecule has 2 nitrogen and oxygen atoms in total. The average molecular weight is 251 g/mol. The molecule has 1 rings (SSSR count). The Hall–Kier alpha value is -1.46. The van der Waals surface area contributed by atoms with Crippen molar-refractivity contribution in [3.63, 3.8) is 0 Å². The molecule has 1 aromatic rings. The lowest BCUT2D eigenvalue weighted by atomic mass is 10.3. The van der Waals surface area contributed by atoms with Gasteiger partial charge in [0.2, 0.25) is 0 Å². The van der Waals surface area contributed by atoms with Crippen LogP contribution in [0.2, 0.25) is 0 Å². The number of ether oxygens (including phenoxy) is 1. The van der Waals surface area contributed by atoms with E-state index in [-0.39, 0.29) is 11.4 Å². The minimum absolute atomic E-state index is 0.000602. The number of rotatable bonds is 3. The van der Waals surface area contributed by atoms with E-state index in [4.69, 9.17) is 0 Å². The molecule has 0 N–H and O–H groups in total. The highest BCUT2D eigenvalue weighted by atomic mass is 32.1. The summed E-state index contributed by atoms with van der Waals surface area (Å²) in [6.45, 7) is -1.52. The van der Waals surface area contributed by atoms with Crippen LogP contribution in [0.15, 0.2) is 23.2 Å². The molecular weight excluding hydrogens is 246 g/mol. The first kappa shape index (κ1) is 12.6. The van der Waals surface area contributed by atoms with E-state index in [1.165, 1.54) is 0 Å². The first-order valence-corrected chi connectivity index (χ1v) is 4.40. The topological polar surface area (TPSA) is 21.6 Å². The van der Waals surface area contributed by atoms with Crippen molar-refractivity contribution >= 4 is 23.1 Å². The summed E-state index contributed by atoms with van der Waals surface area (Å²) in [6.07, 6.45) is -4.50. The molecule has 1 aromatic carbocycles. The van der Waals surface area contributed by atoms with Gasteiger partial charge in [0, 0.05) is 6.07 Å². The number of hydrogen-bond donors (Lipinski definition) is 0. The Kier molecular flexibility index (Phi) is 3.98. The summed E-state index contributed by atoms with van der Waals surface area (Å²) in [5, 5.41) is 1.97. The van der Waals surface area contributed by atoms with E-state index in [0.717, 1.165) is 18.2 Å². The van der Waals surface area contributed by atoms with Crippen LogP contribution in [0.4, 0.5) is 23.2 Å². The largest absolute Gasteiger partial charge is 0.482 e. The van der Waals surface area contributed by atoms with Crippen LogP contribution in [0.25, 0.3) is 0 Å². The van der Waals surface area contributed by atoms with Crippen molar-refractivity contribution in [3.8, 4) is 5.75 Å². The summed E-state index contributed by atoms with van der Waals surface area (Å²) in [7, 11) is 0. The highest BCUT2D eigenvalue weighted by Gasteiger charge is 2.28. The van der Waals surface area contributed by atoms with Gasteiger partial charge in [-0.15, -0.1) is 0 Å². The molecule has 7 heteroatoms. The maximum absolute atomic E-state index is 12.8. The first-order valence-electron chi connectivity index (χ1n) is 3.99. The number of hydrogen-bond acceptors (Lipinski definition) is 3. The van der Waals surface area contributed by atoms with Gasteiger partial charge < -0.3 is 4.74 Å². The van der Waals surface area contributed by atoms with E-state index in [2.05, 4.69) is 21.9 Å². The Morgan fingerprint density at radius 2 is 2.06 bits per heavy atom. The van der Waals surface area contributed by atoms with Crippen molar-refractivity contribution in [2.24, 2.45) is 4.99 Å². The third-order valence-electron chi connectivity index (χ3n) is 1.48. The average Bonchev–Trinajstić information content (AvgIpc) is 2.17. The first-order chi connectivity index (χ1) is 7.42. The summed E-state index contributed by atoms with van der Waals surface area (Å²) in [5.74, 6) is -1.05. The molecule has 0 bridgehead atoms. The summed E-state index contributed by atoms with van der Waals surface area (Å²) in [6, 6.07) is 2.99. The molecule has 0 aliphatic carbocycles. The second-order valence-electron chi connectivity index (χ2n) is 2.72. The van der Waals surface area contributed by atoms with E-state index in [9.17, 15) is 17.6 Å². The highest BCUT2D eigenvalue weighted by molar-refractivity contribution is 7.78. The zero-order valence-corrected chi connectivity index (χ0v) is 8.53. The van der Waals surface area contributed by atoms with Crippen LogP contribution in [-0.2, 0) is 0 Å². The SMILES string of the molecule is Fc1ccc(N=C=S)c(OCC(F)(F)F)c1. The minimum Gasteiger partial charge on any atom is -0.482 e. The number of halogens is 4. The summed E-state index contributed by atoms with van der Waals surface area (Å²) >= 11 is 4.30. The molecule has 0 saturated carbocycles. The van der Waals surface area contributed by atoms with Gasteiger partial charge >= 0.3 is 6.18 Å². The zero-order chi connectivity index (χ0) is 12.2. The van der Waals surface area contributed by atoms with Gasteiger partial charge in [-0.2, -0.15) is 18.2 Å². The predicted molar refractivity (Wildman–Crippen MR) is 52.6 cm³/mol. The number of isothiocyanates is 1. The van der Waals surface area contributed by atoms with Crippen molar-refractivity contribution in [3.05, 3.63) is 24.0 Å². The fourth-order valence-electron chi connectivity index (χ4n) is 0.905. The second-order valence-corrected chi connectivity index (χ2v) is 2.90. The van der Waals surface area contributed by atoms with E-state index in [1.807, 2.05) is 5.16 Å². The Morgan fingerprint density at radius 3 is 2.62 bits per heavy atom. The van der Waals surface area contributed by atoms with E-state index in [1.54, 1.807) is 0 Å². The highest BCUT2D eigenvalue weighted by Crippen LogP contribution is 2.29. The predicted octanol–water partition coefficient (Wildman–Crippen LogP) is 3.50. The lowest BCUT2D eigenvalue weighted by Gasteiger charge is -2.10. The molecule has 86 valence electrons. The molecule has 0 aliphatic rings. The van der Waals surface area contributed by atoms with Crippen molar-refractivity contribution < 1.29 is 22.3 Å². The Labute approximate surface area is 93.6 Å². The van der Waals surface area contributed by atoms with E-state index in [0.29, 0.717) is 0 Å². The normalized spacial score (nSPS) is 10.8. The fraction of sp³-hybridized carbons (Fsp3) is 0.222. The number of aliphatic imine (C=N–C) groups is 1. The molecule has 16 heavy (non-hydrogen) atoms. The van der Waals surface area contributed by atoms with Gasteiger partial charge in [0.25, 0.3) is 0 Å². The van der Waals surface area contributed by atoms with Crippen LogP contribution in [0.1, 0.15) is 0 Å². The van der Waals surface area contributed by atoms with Crippen molar-refractivity contribution in [2.45, 2.75) is 6.18 Å².